The number of hydrogen-bond acceptors (Lipinski definition) is 3. The third kappa shape index (κ3) is 5.00. The van der Waals surface area contributed by atoms with Gasteiger partial charge >= 0.3 is 0 Å². The Balaban J connectivity index is 1.58. The minimum Gasteiger partial charge on any atom is -0.508 e. The van der Waals surface area contributed by atoms with Crippen molar-refractivity contribution in [2.24, 2.45) is 0 Å². The largest absolute Gasteiger partial charge is 0.508 e. The van der Waals surface area contributed by atoms with Gasteiger partial charge in [-0.25, -0.2) is 0 Å². The predicted octanol–water partition coefficient (Wildman–Crippen LogP) is 5.20. The van der Waals surface area contributed by atoms with Gasteiger partial charge in [0.25, 0.3) is 0 Å². The van der Waals surface area contributed by atoms with E-state index in [4.69, 9.17) is 9.47 Å². The Morgan fingerprint density at radius 3 is 2.50 bits per heavy atom. The van der Waals surface area contributed by atoms with Gasteiger partial charge < -0.3 is 14.6 Å². The number of aliphatic hydroxyl groups is 1. The molecule has 1 heterocycles. The number of aliphatic hydroxyl groups excluding tert-OH is 1. The third-order valence-electron chi connectivity index (χ3n) is 3.85. The molecule has 1 N–H and O–H groups in total. The number of benzene rings is 2. The molecule has 0 aromatic heterocycles. The second kappa shape index (κ2) is 8.37. The van der Waals surface area contributed by atoms with Crippen molar-refractivity contribution in [2.75, 3.05) is 6.61 Å². The number of rotatable bonds is 5. The first kappa shape index (κ1) is 16.3. The molecule has 0 saturated carbocycles. The smallest absolute Gasteiger partial charge is 0.199 e. The van der Waals surface area contributed by atoms with Crippen molar-refractivity contribution < 1.29 is 14.6 Å². The second-order valence-electron chi connectivity index (χ2n) is 5.80. The lowest BCUT2D eigenvalue weighted by Gasteiger charge is -2.23. The third-order valence-corrected chi connectivity index (χ3v) is 3.85. The van der Waals surface area contributed by atoms with E-state index in [-0.39, 0.29) is 12.0 Å². The molecule has 0 aliphatic carbocycles. The molecule has 1 saturated heterocycles. The van der Waals surface area contributed by atoms with Crippen LogP contribution in [0.25, 0.3) is 12.2 Å². The quantitative estimate of drug-likeness (QED) is 0.607. The van der Waals surface area contributed by atoms with Crippen molar-refractivity contribution >= 4 is 12.2 Å². The van der Waals surface area contributed by atoms with Crippen LogP contribution in [0.2, 0.25) is 0 Å². The average molecular weight is 322 g/mol. The van der Waals surface area contributed by atoms with Gasteiger partial charge in [0.05, 0.1) is 6.61 Å². The Kier molecular flexibility index (Phi) is 5.70. The molecular formula is C21H22O3. The molecule has 0 spiro atoms. The first-order chi connectivity index (χ1) is 11.8. The lowest BCUT2D eigenvalue weighted by Crippen LogP contribution is -2.24. The summed E-state index contributed by atoms with van der Waals surface area (Å²) in [5.74, 6) is 1.03. The average Bonchev–Trinajstić information content (AvgIpc) is 2.63. The molecule has 0 amide bonds. The van der Waals surface area contributed by atoms with Crippen LogP contribution in [-0.2, 0) is 4.74 Å². The van der Waals surface area contributed by atoms with E-state index in [1.54, 1.807) is 12.2 Å². The zero-order valence-electron chi connectivity index (χ0n) is 13.6. The predicted molar refractivity (Wildman–Crippen MR) is 96.7 cm³/mol. The number of ether oxygens (including phenoxy) is 2. The summed E-state index contributed by atoms with van der Waals surface area (Å²) in [4.78, 5) is 0. The van der Waals surface area contributed by atoms with E-state index < -0.39 is 0 Å². The Labute approximate surface area is 142 Å². The fourth-order valence-corrected chi connectivity index (χ4v) is 2.56. The fraction of sp³-hybridized carbons (Fsp3) is 0.238. The maximum absolute atomic E-state index is 9.97. The van der Waals surface area contributed by atoms with Crippen LogP contribution in [0.5, 0.6) is 5.75 Å². The highest BCUT2D eigenvalue weighted by molar-refractivity contribution is 5.59. The van der Waals surface area contributed by atoms with Crippen LogP contribution < -0.4 is 4.74 Å². The van der Waals surface area contributed by atoms with Crippen LogP contribution in [0.3, 0.4) is 0 Å². The summed E-state index contributed by atoms with van der Waals surface area (Å²) in [5, 5.41) is 9.97. The zero-order valence-corrected chi connectivity index (χ0v) is 13.6. The molecule has 2 aromatic rings. The van der Waals surface area contributed by atoms with Crippen molar-refractivity contribution in [3.8, 4) is 5.75 Å². The molecule has 1 aliphatic rings. The summed E-state index contributed by atoms with van der Waals surface area (Å²) in [5.41, 5.74) is 1.97. The molecule has 3 nitrogen and oxygen atoms in total. The maximum atomic E-state index is 9.97. The summed E-state index contributed by atoms with van der Waals surface area (Å²) in [6, 6.07) is 17.5. The van der Waals surface area contributed by atoms with Gasteiger partial charge in [0, 0.05) is 6.42 Å². The van der Waals surface area contributed by atoms with Gasteiger partial charge in [0.2, 0.25) is 0 Å². The molecule has 3 heteroatoms. The van der Waals surface area contributed by atoms with Gasteiger partial charge in [0.15, 0.2) is 6.29 Å². The Morgan fingerprint density at radius 1 is 1.00 bits per heavy atom. The summed E-state index contributed by atoms with van der Waals surface area (Å²) in [7, 11) is 0. The summed E-state index contributed by atoms with van der Waals surface area (Å²) >= 11 is 0. The topological polar surface area (TPSA) is 38.7 Å². The van der Waals surface area contributed by atoms with Crippen molar-refractivity contribution in [1.82, 2.24) is 0 Å². The minimum absolute atomic E-state index is 0.127. The Morgan fingerprint density at radius 2 is 1.79 bits per heavy atom. The number of hydrogen-bond donors (Lipinski definition) is 1. The van der Waals surface area contributed by atoms with E-state index in [1.165, 1.54) is 0 Å². The van der Waals surface area contributed by atoms with E-state index >= 15 is 0 Å². The van der Waals surface area contributed by atoms with E-state index in [1.807, 2.05) is 60.7 Å². The molecule has 3 rings (SSSR count). The van der Waals surface area contributed by atoms with E-state index in [9.17, 15) is 5.11 Å². The molecule has 1 fully saturated rings. The van der Waals surface area contributed by atoms with E-state index in [2.05, 4.69) is 0 Å². The first-order valence-electron chi connectivity index (χ1n) is 8.32. The van der Waals surface area contributed by atoms with Crippen LogP contribution in [0.15, 0.2) is 66.4 Å². The Bertz CT molecular complexity index is 681. The normalized spacial score (nSPS) is 18.7. The van der Waals surface area contributed by atoms with E-state index in [0.717, 1.165) is 42.7 Å². The molecule has 1 atom stereocenters. The molecule has 1 unspecified atom stereocenters. The lowest BCUT2D eigenvalue weighted by atomic mass is 10.1. The van der Waals surface area contributed by atoms with E-state index in [0.29, 0.717) is 0 Å². The van der Waals surface area contributed by atoms with Gasteiger partial charge in [0.1, 0.15) is 11.5 Å². The van der Waals surface area contributed by atoms with Crippen molar-refractivity contribution in [2.45, 2.75) is 25.6 Å². The first-order valence-corrected chi connectivity index (χ1v) is 8.32. The minimum atomic E-state index is -0.127. The van der Waals surface area contributed by atoms with Crippen LogP contribution >= 0.6 is 0 Å². The van der Waals surface area contributed by atoms with Crippen molar-refractivity contribution in [3.63, 3.8) is 0 Å². The van der Waals surface area contributed by atoms with Crippen LogP contribution in [0, 0.1) is 0 Å². The molecule has 0 bridgehead atoms. The standard InChI is InChI=1S/C21H22O3/c22-19(16-18-6-2-1-3-7-18)12-9-17-10-13-20(14-11-17)24-21-8-4-5-15-23-21/h1-3,6-7,9-14,16,21-22H,4-5,8,15H2. The highest BCUT2D eigenvalue weighted by Crippen LogP contribution is 2.20. The van der Waals surface area contributed by atoms with Crippen molar-refractivity contribution in [3.05, 3.63) is 77.6 Å². The van der Waals surface area contributed by atoms with Gasteiger partial charge in [-0.1, -0.05) is 48.5 Å². The second-order valence-corrected chi connectivity index (χ2v) is 5.80. The fourth-order valence-electron chi connectivity index (χ4n) is 2.56. The van der Waals surface area contributed by atoms with Crippen molar-refractivity contribution in [1.29, 1.82) is 0 Å². The zero-order chi connectivity index (χ0) is 16.6. The number of allylic oxidation sites excluding steroid dienone is 1. The summed E-state index contributed by atoms with van der Waals surface area (Å²) in [6.07, 6.45) is 8.37. The summed E-state index contributed by atoms with van der Waals surface area (Å²) < 4.78 is 11.4. The molecular weight excluding hydrogens is 300 g/mol. The monoisotopic (exact) mass is 322 g/mol. The Hall–Kier alpha value is -2.52. The lowest BCUT2D eigenvalue weighted by molar-refractivity contribution is -0.105. The molecule has 124 valence electrons. The maximum Gasteiger partial charge on any atom is 0.199 e. The van der Waals surface area contributed by atoms with Gasteiger partial charge in [-0.3, -0.25) is 0 Å². The highest BCUT2D eigenvalue weighted by atomic mass is 16.7. The summed E-state index contributed by atoms with van der Waals surface area (Å²) in [6.45, 7) is 0.776. The van der Waals surface area contributed by atoms with Crippen LogP contribution in [0.4, 0.5) is 0 Å². The van der Waals surface area contributed by atoms with Crippen LogP contribution in [-0.4, -0.2) is 18.0 Å². The van der Waals surface area contributed by atoms with Gasteiger partial charge in [-0.15, -0.1) is 0 Å². The molecule has 1 aliphatic heterocycles. The van der Waals surface area contributed by atoms with Crippen LogP contribution in [0.1, 0.15) is 30.4 Å². The highest BCUT2D eigenvalue weighted by Gasteiger charge is 2.14. The molecule has 2 aromatic carbocycles. The van der Waals surface area contributed by atoms with Gasteiger partial charge in [-0.2, -0.15) is 0 Å². The molecule has 0 radical (unpaired) electrons. The van der Waals surface area contributed by atoms with Gasteiger partial charge in [-0.05, 0) is 48.3 Å². The molecule has 24 heavy (non-hydrogen) atoms. The SMILES string of the molecule is OC(C=Cc1ccc(OC2CCCCO2)cc1)=Cc1ccccc1.